The van der Waals surface area contributed by atoms with Crippen molar-refractivity contribution in [3.05, 3.63) is 56.9 Å². The number of nitro benzene ring substituents is 1. The Bertz CT molecular complexity index is 886. The summed E-state index contributed by atoms with van der Waals surface area (Å²) in [6.45, 7) is 1.21. The Morgan fingerprint density at radius 3 is 2.24 bits per heavy atom. The number of likely N-dealkylation sites (N-methyl/N-ethyl adjacent to an activating group) is 1. The maximum absolute atomic E-state index is 12.2. The molecule has 9 nitrogen and oxygen atoms in total. The van der Waals surface area contributed by atoms with E-state index >= 15 is 0 Å². The van der Waals surface area contributed by atoms with Gasteiger partial charge in [-0.1, -0.05) is 0 Å². The average Bonchev–Trinajstić information content (AvgIpc) is 2.56. The third-order valence-corrected chi connectivity index (χ3v) is 3.50. The van der Waals surface area contributed by atoms with E-state index in [1.165, 1.54) is 62.3 Å². The second kappa shape index (κ2) is 7.04. The third kappa shape index (κ3) is 3.77. The molecule has 9 heteroatoms. The number of carbonyl (C=O) groups is 2. The number of carbonyl (C=O) groups excluding carboxylic acids is 2. The first-order chi connectivity index (χ1) is 11.7. The quantitative estimate of drug-likeness (QED) is 0.454. The van der Waals surface area contributed by atoms with Crippen molar-refractivity contribution in [3.63, 3.8) is 0 Å². The molecule has 0 aliphatic heterocycles. The predicted octanol–water partition coefficient (Wildman–Crippen LogP) is 1.04. The molecule has 1 atom stereocenters. The van der Waals surface area contributed by atoms with Crippen LogP contribution in [0, 0.1) is 10.1 Å². The van der Waals surface area contributed by atoms with E-state index in [9.17, 15) is 24.5 Å². The monoisotopic (exact) mass is 344 g/mol. The van der Waals surface area contributed by atoms with Crippen molar-refractivity contribution >= 4 is 17.4 Å². The van der Waals surface area contributed by atoms with Gasteiger partial charge in [-0.3, -0.25) is 24.5 Å². The van der Waals surface area contributed by atoms with Crippen molar-refractivity contribution in [3.8, 4) is 11.3 Å². The number of hydrogen-bond donors (Lipinski definition) is 0. The first-order valence-corrected chi connectivity index (χ1v) is 7.28. The van der Waals surface area contributed by atoms with Crippen LogP contribution in [-0.4, -0.2) is 45.4 Å². The summed E-state index contributed by atoms with van der Waals surface area (Å²) in [6, 6.07) is 6.83. The van der Waals surface area contributed by atoms with Gasteiger partial charge in [0.1, 0.15) is 0 Å². The van der Waals surface area contributed by atoms with Crippen LogP contribution in [0.4, 0.5) is 5.69 Å². The number of nitro groups is 1. The van der Waals surface area contributed by atoms with Crippen molar-refractivity contribution in [2.45, 2.75) is 13.0 Å². The molecule has 0 N–H and O–H groups in total. The summed E-state index contributed by atoms with van der Waals surface area (Å²) < 4.78 is 0.835. The van der Waals surface area contributed by atoms with E-state index in [2.05, 4.69) is 5.10 Å². The summed E-state index contributed by atoms with van der Waals surface area (Å²) in [4.78, 5) is 47.6. The van der Waals surface area contributed by atoms with Gasteiger partial charge < -0.3 is 4.90 Å². The smallest absolute Gasteiger partial charge is 0.269 e. The Labute approximate surface area is 142 Å². The van der Waals surface area contributed by atoms with Crippen molar-refractivity contribution in [1.82, 2.24) is 14.7 Å². The second-order valence-corrected chi connectivity index (χ2v) is 5.55. The molecule has 0 aliphatic rings. The number of rotatable bonds is 5. The molecule has 0 fully saturated rings. The SMILES string of the molecule is CC(=O)[C@@H](C(=O)N(C)C)n1nc(-c2ccc([N+](=O)[O-])cc2)ccc1=O. The van der Waals surface area contributed by atoms with Gasteiger partial charge in [0.05, 0.1) is 10.6 Å². The highest BCUT2D eigenvalue weighted by Crippen LogP contribution is 2.20. The Hall–Kier alpha value is -3.36. The fourth-order valence-electron chi connectivity index (χ4n) is 2.21. The Kier molecular flexibility index (Phi) is 5.06. The molecule has 1 heterocycles. The van der Waals surface area contributed by atoms with E-state index < -0.39 is 28.2 Å². The molecule has 1 aromatic heterocycles. The average molecular weight is 344 g/mol. The minimum atomic E-state index is -1.36. The van der Waals surface area contributed by atoms with Crippen LogP contribution in [0.1, 0.15) is 13.0 Å². The normalized spacial score (nSPS) is 11.6. The van der Waals surface area contributed by atoms with Gasteiger partial charge in [0.2, 0.25) is 0 Å². The van der Waals surface area contributed by atoms with Crippen LogP contribution in [0.15, 0.2) is 41.2 Å². The minimum Gasteiger partial charge on any atom is -0.347 e. The molecule has 0 aliphatic carbocycles. The number of nitrogens with zero attached hydrogens (tertiary/aromatic N) is 4. The maximum Gasteiger partial charge on any atom is 0.269 e. The van der Waals surface area contributed by atoms with E-state index in [1.807, 2.05) is 0 Å². The van der Waals surface area contributed by atoms with Gasteiger partial charge in [-0.15, -0.1) is 0 Å². The highest BCUT2D eigenvalue weighted by molar-refractivity contribution is 6.02. The molecular weight excluding hydrogens is 328 g/mol. The van der Waals surface area contributed by atoms with Gasteiger partial charge in [-0.05, 0) is 25.1 Å². The lowest BCUT2D eigenvalue weighted by Crippen LogP contribution is -2.41. The zero-order valence-corrected chi connectivity index (χ0v) is 13.9. The summed E-state index contributed by atoms with van der Waals surface area (Å²) in [7, 11) is 2.95. The van der Waals surface area contributed by atoms with Crippen LogP contribution in [0.25, 0.3) is 11.3 Å². The first-order valence-electron chi connectivity index (χ1n) is 7.28. The van der Waals surface area contributed by atoms with Gasteiger partial charge in [0, 0.05) is 37.9 Å². The van der Waals surface area contributed by atoms with Crippen LogP contribution < -0.4 is 5.56 Å². The lowest BCUT2D eigenvalue weighted by atomic mass is 10.1. The molecule has 1 aromatic carbocycles. The molecule has 0 bridgehead atoms. The fraction of sp³-hybridized carbons (Fsp3) is 0.250. The molecule has 25 heavy (non-hydrogen) atoms. The molecule has 0 spiro atoms. The van der Waals surface area contributed by atoms with E-state index in [1.54, 1.807) is 0 Å². The number of amides is 1. The maximum atomic E-state index is 12.2. The molecule has 2 aromatic rings. The third-order valence-electron chi connectivity index (χ3n) is 3.50. The zero-order valence-electron chi connectivity index (χ0n) is 13.9. The number of aromatic nitrogens is 2. The summed E-state index contributed by atoms with van der Waals surface area (Å²) in [5, 5.41) is 14.8. The molecule has 1 amide bonds. The molecule has 2 rings (SSSR count). The van der Waals surface area contributed by atoms with Gasteiger partial charge in [0.15, 0.2) is 11.8 Å². The van der Waals surface area contributed by atoms with Crippen molar-refractivity contribution in [2.75, 3.05) is 14.1 Å². The molecule has 0 saturated carbocycles. The Morgan fingerprint density at radius 2 is 1.76 bits per heavy atom. The number of ketones is 1. The molecule has 0 saturated heterocycles. The predicted molar refractivity (Wildman–Crippen MR) is 89.0 cm³/mol. The van der Waals surface area contributed by atoms with Gasteiger partial charge in [-0.25, -0.2) is 4.68 Å². The fourth-order valence-corrected chi connectivity index (χ4v) is 2.21. The van der Waals surface area contributed by atoms with E-state index in [0.29, 0.717) is 11.3 Å². The van der Waals surface area contributed by atoms with Crippen molar-refractivity contribution in [1.29, 1.82) is 0 Å². The summed E-state index contributed by atoms with van der Waals surface area (Å²) in [5.74, 6) is -1.09. The Morgan fingerprint density at radius 1 is 1.16 bits per heavy atom. The second-order valence-electron chi connectivity index (χ2n) is 5.55. The number of non-ortho nitro benzene ring substituents is 1. The van der Waals surface area contributed by atoms with E-state index in [0.717, 1.165) is 4.68 Å². The van der Waals surface area contributed by atoms with Crippen LogP contribution in [-0.2, 0) is 9.59 Å². The molecule has 0 unspecified atom stereocenters. The first kappa shape index (κ1) is 18.0. The van der Waals surface area contributed by atoms with Crippen molar-refractivity contribution < 1.29 is 14.5 Å². The van der Waals surface area contributed by atoms with E-state index in [4.69, 9.17) is 0 Å². The van der Waals surface area contributed by atoms with Crippen molar-refractivity contribution in [2.24, 2.45) is 0 Å². The van der Waals surface area contributed by atoms with Gasteiger partial charge in [0.25, 0.3) is 17.2 Å². The number of hydrogen-bond acceptors (Lipinski definition) is 6. The zero-order chi connectivity index (χ0) is 18.7. The van der Waals surface area contributed by atoms with Crippen LogP contribution in [0.3, 0.4) is 0 Å². The standard InChI is InChI=1S/C16H16N4O5/c1-10(21)15(16(23)18(2)3)19-14(22)9-8-13(17-19)11-4-6-12(7-5-11)20(24)25/h4-9,15H,1-3H3/t15-/m0/s1. The van der Waals surface area contributed by atoms with Gasteiger partial charge in [-0.2, -0.15) is 5.10 Å². The van der Waals surface area contributed by atoms with Crippen LogP contribution in [0.2, 0.25) is 0 Å². The highest BCUT2D eigenvalue weighted by Gasteiger charge is 2.29. The van der Waals surface area contributed by atoms with Gasteiger partial charge >= 0.3 is 0 Å². The molecular formula is C16H16N4O5. The summed E-state index contributed by atoms with van der Waals surface area (Å²) in [6.07, 6.45) is 0. The van der Waals surface area contributed by atoms with Crippen LogP contribution in [0.5, 0.6) is 0 Å². The minimum absolute atomic E-state index is 0.0820. The topological polar surface area (TPSA) is 115 Å². The molecule has 0 radical (unpaired) electrons. The lowest BCUT2D eigenvalue weighted by Gasteiger charge is -2.19. The summed E-state index contributed by atoms with van der Waals surface area (Å²) >= 11 is 0. The Balaban J connectivity index is 2.52. The lowest BCUT2D eigenvalue weighted by molar-refractivity contribution is -0.384. The summed E-state index contributed by atoms with van der Waals surface area (Å²) in [5.41, 5.74) is 0.147. The number of benzene rings is 1. The number of Topliss-reactive ketones (excluding diaryl/α,β-unsaturated/α-hetero) is 1. The van der Waals surface area contributed by atoms with Crippen LogP contribution >= 0.6 is 0 Å². The highest BCUT2D eigenvalue weighted by atomic mass is 16.6. The van der Waals surface area contributed by atoms with E-state index in [-0.39, 0.29) is 5.69 Å². The molecule has 130 valence electrons. The largest absolute Gasteiger partial charge is 0.347 e.